The number of halogens is 4. The van der Waals surface area contributed by atoms with Gasteiger partial charge in [0.2, 0.25) is 0 Å². The van der Waals surface area contributed by atoms with E-state index in [1.54, 1.807) is 48.3 Å². The number of aliphatic hydroxyl groups is 2. The zero-order valence-electron chi connectivity index (χ0n) is 30.2. The number of aromatic nitrogens is 6. The van der Waals surface area contributed by atoms with Gasteiger partial charge < -0.3 is 38.3 Å². The van der Waals surface area contributed by atoms with Crippen LogP contribution in [-0.4, -0.2) is 80.7 Å². The summed E-state index contributed by atoms with van der Waals surface area (Å²) in [5.41, 5.74) is 1.24. The molecule has 8 atom stereocenters. The molecule has 6 aromatic rings. The Hall–Kier alpha value is -3.40. The van der Waals surface area contributed by atoms with Crippen molar-refractivity contribution in [3.8, 4) is 0 Å². The Morgan fingerprint density at radius 2 is 1.20 bits per heavy atom. The van der Waals surface area contributed by atoms with Gasteiger partial charge in [-0.15, -0.1) is 0 Å². The highest BCUT2D eigenvalue weighted by atomic mass is 35.5. The van der Waals surface area contributed by atoms with E-state index in [9.17, 15) is 10.2 Å². The molecule has 0 spiro atoms. The molecule has 2 aromatic carbocycles. The van der Waals surface area contributed by atoms with Gasteiger partial charge in [-0.05, 0) is 75.2 Å². The lowest BCUT2D eigenvalue weighted by Gasteiger charge is -2.29. The van der Waals surface area contributed by atoms with Crippen molar-refractivity contribution in [1.29, 1.82) is 0 Å². The van der Waals surface area contributed by atoms with E-state index in [0.717, 1.165) is 27.5 Å². The second kappa shape index (κ2) is 15.4. The average Bonchev–Trinajstić information content (AvgIpc) is 3.92. The first-order valence-electron chi connectivity index (χ1n) is 17.6. The maximum Gasteiger partial charge on any atom is 0.165 e. The fourth-order valence-corrected chi connectivity index (χ4v) is 8.40. The minimum absolute atomic E-state index is 0. The minimum atomic E-state index is -1.44. The third kappa shape index (κ3) is 7.41. The van der Waals surface area contributed by atoms with E-state index >= 15 is 0 Å². The molecule has 2 N–H and O–H groups in total. The van der Waals surface area contributed by atoms with Crippen molar-refractivity contribution in [1.82, 2.24) is 29.1 Å². The number of fused-ring (bicyclic) bond motifs is 3. The molecule has 0 radical (unpaired) electrons. The third-order valence-corrected chi connectivity index (χ3v) is 12.1. The summed E-state index contributed by atoms with van der Waals surface area (Å²) < 4.78 is 29.0. The van der Waals surface area contributed by atoms with E-state index in [1.165, 1.54) is 12.7 Å². The van der Waals surface area contributed by atoms with Crippen LogP contribution in [0.3, 0.4) is 0 Å². The Morgan fingerprint density at radius 1 is 0.696 bits per heavy atom. The minimum Gasteiger partial charge on any atom is -0.385 e. The zero-order chi connectivity index (χ0) is 38.9. The van der Waals surface area contributed by atoms with Crippen LogP contribution in [0.1, 0.15) is 58.7 Å². The fraction of sp³-hybridized carbons (Fsp3) is 0.400. The van der Waals surface area contributed by atoms with Crippen molar-refractivity contribution in [2.75, 3.05) is 0 Å². The van der Waals surface area contributed by atoms with Crippen molar-refractivity contribution in [3.63, 3.8) is 0 Å². The highest BCUT2D eigenvalue weighted by Crippen LogP contribution is 2.51. The van der Waals surface area contributed by atoms with Crippen LogP contribution < -0.4 is 0 Å². The number of benzene rings is 2. The largest absolute Gasteiger partial charge is 0.385 e. The first-order valence-corrected chi connectivity index (χ1v) is 19.2. The Labute approximate surface area is 344 Å². The topological polar surface area (TPSA) is 139 Å². The van der Waals surface area contributed by atoms with Crippen LogP contribution in [0.15, 0.2) is 86.0 Å². The van der Waals surface area contributed by atoms with E-state index in [1.807, 2.05) is 54.9 Å². The number of ether oxygens (including phenoxy) is 4. The Bertz CT molecular complexity index is 2370. The number of hydrogen-bond acceptors (Lipinski definition) is 10. The van der Waals surface area contributed by atoms with Crippen molar-refractivity contribution in [2.45, 2.75) is 102 Å². The second-order valence-corrected chi connectivity index (χ2v) is 16.5. The van der Waals surface area contributed by atoms with Gasteiger partial charge >= 0.3 is 0 Å². The van der Waals surface area contributed by atoms with Gasteiger partial charge in [0, 0.05) is 48.4 Å². The quantitative estimate of drug-likeness (QED) is 0.168. The summed E-state index contributed by atoms with van der Waals surface area (Å²) in [5.74, 6) is -0.713. The first-order chi connectivity index (χ1) is 26.1. The van der Waals surface area contributed by atoms with Crippen molar-refractivity contribution < 1.29 is 29.2 Å². The summed E-state index contributed by atoms with van der Waals surface area (Å²) >= 11 is 24.3. The van der Waals surface area contributed by atoms with Gasteiger partial charge in [-0.3, -0.25) is 0 Å². The van der Waals surface area contributed by atoms with Gasteiger partial charge in [0.25, 0.3) is 0 Å². The molecule has 56 heavy (non-hydrogen) atoms. The van der Waals surface area contributed by atoms with Crippen LogP contribution in [0.25, 0.3) is 22.1 Å². The monoisotopic (exact) mass is 842 g/mol. The summed E-state index contributed by atoms with van der Waals surface area (Å²) in [4.78, 5) is 16.8. The lowest BCUT2D eigenvalue weighted by molar-refractivity contribution is -0.209. The maximum absolute atomic E-state index is 10.9. The summed E-state index contributed by atoms with van der Waals surface area (Å²) in [5, 5.41) is 25.3. The fourth-order valence-electron chi connectivity index (χ4n) is 7.76. The average molecular weight is 845 g/mol. The molecule has 4 aromatic heterocycles. The normalized spacial score (nSPS) is 29.2. The molecule has 7 heterocycles. The number of nitrogens with zero attached hydrogens (tertiary/aromatic N) is 6. The number of rotatable bonds is 6. The lowest BCUT2D eigenvalue weighted by atomic mass is 9.90. The highest BCUT2D eigenvalue weighted by Gasteiger charge is 2.64. The van der Waals surface area contributed by atoms with Gasteiger partial charge in [-0.25, -0.2) is 19.9 Å². The summed E-state index contributed by atoms with van der Waals surface area (Å²) in [6.45, 7) is 7.48. The Balaban J connectivity index is 0.000000170. The van der Waals surface area contributed by atoms with Crippen molar-refractivity contribution in [3.05, 3.63) is 117 Å². The Kier molecular flexibility index (Phi) is 11.2. The highest BCUT2D eigenvalue weighted by molar-refractivity contribution is 6.42. The van der Waals surface area contributed by atoms with Gasteiger partial charge in [-0.1, -0.05) is 66.0 Å². The molecule has 3 fully saturated rings. The molecule has 0 aliphatic carbocycles. The van der Waals surface area contributed by atoms with Crippen LogP contribution >= 0.6 is 46.4 Å². The molecule has 16 heteroatoms. The van der Waals surface area contributed by atoms with Crippen molar-refractivity contribution >= 4 is 68.5 Å². The van der Waals surface area contributed by atoms with E-state index in [2.05, 4.69) is 26.9 Å². The smallest absolute Gasteiger partial charge is 0.165 e. The van der Waals surface area contributed by atoms with E-state index in [0.29, 0.717) is 38.6 Å². The van der Waals surface area contributed by atoms with Crippen LogP contribution in [-0.2, 0) is 31.8 Å². The van der Waals surface area contributed by atoms with Crippen LogP contribution in [0.5, 0.6) is 0 Å². The summed E-state index contributed by atoms with van der Waals surface area (Å²) in [7, 11) is 0. The first kappa shape index (κ1) is 40.8. The van der Waals surface area contributed by atoms with Gasteiger partial charge in [0.15, 0.2) is 18.2 Å². The molecule has 9 rings (SSSR count). The molecule has 0 bridgehead atoms. The standard InChI is InChI=1S/C21H21Cl2N3O3.C18H17Cl2N3O3.CH4/c1-20(2)28-17-19(26-7-6-13-10-24-11-25-18(13)26)27-16(21(17,3)29-20)9-12-4-5-14(22)15(23)8-12;1-18(25)14(7-10-2-3-12(19)13(20)6-10)26-17(15(18)24)23-5-4-11-8-21-9-22-16(11)23;/h4-8,10-11,16-17,19H,9H2,1-3H3;2-6,8-9,14-15,17,24-25H,7H2,1H3;1H4/t16-,17+,19-,21-;14-,15+,17-,18-;/m11./s1. The van der Waals surface area contributed by atoms with E-state index < -0.39 is 35.4 Å². The molecule has 0 saturated carbocycles. The lowest BCUT2D eigenvalue weighted by Crippen LogP contribution is -2.45. The van der Waals surface area contributed by atoms with Gasteiger partial charge in [-0.2, -0.15) is 0 Å². The zero-order valence-corrected chi connectivity index (χ0v) is 33.2. The molecule has 3 saturated heterocycles. The molecule has 0 unspecified atom stereocenters. The molecular weight excluding hydrogens is 802 g/mol. The van der Waals surface area contributed by atoms with Gasteiger partial charge in [0.1, 0.15) is 47.4 Å². The summed E-state index contributed by atoms with van der Waals surface area (Å²) in [6, 6.07) is 14.7. The number of hydrogen-bond donors (Lipinski definition) is 2. The second-order valence-electron chi connectivity index (χ2n) is 14.9. The van der Waals surface area contributed by atoms with Crippen LogP contribution in [0.2, 0.25) is 20.1 Å². The molecular formula is C40H42Cl4N6O6. The van der Waals surface area contributed by atoms with Gasteiger partial charge in [0.05, 0.1) is 32.3 Å². The molecule has 12 nitrogen and oxygen atoms in total. The maximum atomic E-state index is 10.9. The van der Waals surface area contributed by atoms with Crippen molar-refractivity contribution in [2.24, 2.45) is 0 Å². The Morgan fingerprint density at radius 3 is 1.73 bits per heavy atom. The van der Waals surface area contributed by atoms with Crippen LogP contribution in [0, 0.1) is 0 Å². The predicted octanol–water partition coefficient (Wildman–Crippen LogP) is 8.41. The summed E-state index contributed by atoms with van der Waals surface area (Å²) in [6.07, 6.45) is 7.76. The predicted molar refractivity (Wildman–Crippen MR) is 215 cm³/mol. The molecule has 0 amide bonds. The molecule has 296 valence electrons. The van der Waals surface area contributed by atoms with Crippen LogP contribution in [0.4, 0.5) is 0 Å². The van der Waals surface area contributed by atoms with E-state index in [-0.39, 0.29) is 25.9 Å². The molecule has 3 aliphatic rings. The SMILES string of the molecule is C.CC1(C)O[C@H]2[C@H](n3ccc4cncnc43)O[C@H](Cc3ccc(Cl)c(Cl)c3)[C@@]2(C)O1.C[C@@]1(O)[C@@H](Cc2ccc(Cl)c(Cl)c2)O[C@@H](n2ccc3cncnc32)[C@@H]1O. The molecule has 3 aliphatic heterocycles. The number of aliphatic hydroxyl groups excluding tert-OH is 1. The van der Waals surface area contributed by atoms with E-state index in [4.69, 9.17) is 65.4 Å². The third-order valence-electron chi connectivity index (χ3n) is 10.6.